The average molecular weight is 404 g/mol. The number of benzene rings is 2. The van der Waals surface area contributed by atoms with Gasteiger partial charge in [-0.25, -0.2) is 0 Å². The van der Waals surface area contributed by atoms with Gasteiger partial charge in [0.1, 0.15) is 5.58 Å². The van der Waals surface area contributed by atoms with E-state index in [1.165, 1.54) is 0 Å². The van der Waals surface area contributed by atoms with E-state index < -0.39 is 23.5 Å². The molecule has 0 radical (unpaired) electrons. The number of rotatable bonds is 6. The molecular weight excluding hydrogens is 380 g/mol. The van der Waals surface area contributed by atoms with Crippen LogP contribution in [0.25, 0.3) is 11.0 Å². The summed E-state index contributed by atoms with van der Waals surface area (Å²) in [5.41, 5.74) is 2.49. The second-order valence-electron chi connectivity index (χ2n) is 7.85. The second kappa shape index (κ2) is 7.80. The zero-order valence-electron chi connectivity index (χ0n) is 17.3. The van der Waals surface area contributed by atoms with Gasteiger partial charge in [-0.15, -0.1) is 0 Å². The van der Waals surface area contributed by atoms with E-state index in [2.05, 4.69) is 0 Å². The molecule has 3 aromatic rings. The van der Waals surface area contributed by atoms with Crippen LogP contribution in [0.1, 0.15) is 27.7 Å². The van der Waals surface area contributed by atoms with Crippen molar-refractivity contribution in [2.45, 2.75) is 13.0 Å². The minimum Gasteiger partial charge on any atom is -0.503 e. The van der Waals surface area contributed by atoms with Crippen molar-refractivity contribution in [3.8, 4) is 0 Å². The third-order valence-electron chi connectivity index (χ3n) is 5.38. The van der Waals surface area contributed by atoms with E-state index in [4.69, 9.17) is 4.42 Å². The van der Waals surface area contributed by atoms with Gasteiger partial charge in [-0.1, -0.05) is 48.0 Å². The molecule has 6 nitrogen and oxygen atoms in total. The topological polar surface area (TPSA) is 74.0 Å². The van der Waals surface area contributed by atoms with Crippen molar-refractivity contribution >= 4 is 22.7 Å². The Kier molecular flexibility index (Phi) is 5.18. The van der Waals surface area contributed by atoms with Crippen LogP contribution < -0.4 is 0 Å². The molecule has 30 heavy (non-hydrogen) atoms. The molecule has 0 bridgehead atoms. The highest BCUT2D eigenvalue weighted by Crippen LogP contribution is 2.39. The van der Waals surface area contributed by atoms with Gasteiger partial charge in [-0.05, 0) is 38.7 Å². The molecule has 0 spiro atoms. The Morgan fingerprint density at radius 1 is 1.13 bits per heavy atom. The van der Waals surface area contributed by atoms with Gasteiger partial charge >= 0.3 is 0 Å². The smallest absolute Gasteiger partial charge is 0.290 e. The van der Waals surface area contributed by atoms with Crippen molar-refractivity contribution in [1.29, 1.82) is 0 Å². The summed E-state index contributed by atoms with van der Waals surface area (Å²) in [5, 5.41) is 11.5. The van der Waals surface area contributed by atoms with Crippen LogP contribution in [-0.2, 0) is 4.79 Å². The number of ketones is 1. The van der Waals surface area contributed by atoms with Gasteiger partial charge < -0.3 is 19.3 Å². The van der Waals surface area contributed by atoms with Gasteiger partial charge in [0, 0.05) is 18.5 Å². The minimum absolute atomic E-state index is 0.0571. The predicted octanol–water partition coefficient (Wildman–Crippen LogP) is 3.88. The molecule has 1 N–H and O–H groups in total. The van der Waals surface area contributed by atoms with Gasteiger partial charge in [-0.2, -0.15) is 0 Å². The summed E-state index contributed by atoms with van der Waals surface area (Å²) in [4.78, 5) is 29.8. The summed E-state index contributed by atoms with van der Waals surface area (Å²) < 4.78 is 5.73. The summed E-state index contributed by atoms with van der Waals surface area (Å²) in [6.45, 7) is 2.96. The molecule has 1 aliphatic heterocycles. The number of nitrogens with zero attached hydrogens (tertiary/aromatic N) is 2. The fraction of sp³-hybridized carbons (Fsp3) is 0.250. The molecule has 2 heterocycles. The Morgan fingerprint density at radius 3 is 2.50 bits per heavy atom. The van der Waals surface area contributed by atoms with Crippen LogP contribution in [0, 0.1) is 6.92 Å². The molecule has 1 amide bonds. The van der Waals surface area contributed by atoms with Crippen LogP contribution in [0.3, 0.4) is 0 Å². The van der Waals surface area contributed by atoms with Crippen LogP contribution in [-0.4, -0.2) is 53.8 Å². The number of fused-ring (bicyclic) bond motifs is 1. The Balaban J connectivity index is 1.78. The second-order valence-corrected chi connectivity index (χ2v) is 7.85. The van der Waals surface area contributed by atoms with Crippen LogP contribution in [0.4, 0.5) is 0 Å². The summed E-state index contributed by atoms with van der Waals surface area (Å²) in [7, 11) is 3.82. The molecule has 1 atom stereocenters. The molecule has 2 aromatic carbocycles. The number of hydrogen-bond acceptors (Lipinski definition) is 5. The quantitative estimate of drug-likeness (QED) is 0.631. The van der Waals surface area contributed by atoms with Crippen molar-refractivity contribution < 1.29 is 19.1 Å². The fourth-order valence-electron chi connectivity index (χ4n) is 3.75. The number of hydrogen-bond donors (Lipinski definition) is 1. The van der Waals surface area contributed by atoms with E-state index in [1.807, 2.05) is 68.4 Å². The van der Waals surface area contributed by atoms with E-state index in [9.17, 15) is 14.7 Å². The van der Waals surface area contributed by atoms with Crippen LogP contribution in [0.15, 0.2) is 70.3 Å². The van der Waals surface area contributed by atoms with Crippen molar-refractivity contribution in [2.75, 3.05) is 27.2 Å². The number of aliphatic hydroxyl groups is 1. The van der Waals surface area contributed by atoms with Gasteiger partial charge in [0.25, 0.3) is 5.91 Å². The van der Waals surface area contributed by atoms with Crippen molar-refractivity contribution in [3.05, 3.63) is 82.8 Å². The summed E-state index contributed by atoms with van der Waals surface area (Å²) in [5.74, 6) is -1.42. The third kappa shape index (κ3) is 3.50. The Bertz CT molecular complexity index is 1110. The highest BCUT2D eigenvalue weighted by atomic mass is 16.3. The molecule has 4 rings (SSSR count). The Morgan fingerprint density at radius 2 is 1.83 bits per heavy atom. The summed E-state index contributed by atoms with van der Waals surface area (Å²) in [6.07, 6.45) is 0. The molecule has 0 aliphatic carbocycles. The van der Waals surface area contributed by atoms with Crippen molar-refractivity contribution in [1.82, 2.24) is 9.80 Å². The van der Waals surface area contributed by atoms with Crippen LogP contribution >= 0.6 is 0 Å². The molecule has 1 aromatic heterocycles. The maximum atomic E-state index is 13.4. The van der Waals surface area contributed by atoms with Crippen molar-refractivity contribution in [3.63, 3.8) is 0 Å². The maximum Gasteiger partial charge on any atom is 0.290 e. The third-order valence-corrected chi connectivity index (χ3v) is 5.38. The molecule has 0 saturated heterocycles. The van der Waals surface area contributed by atoms with E-state index in [1.54, 1.807) is 17.0 Å². The van der Waals surface area contributed by atoms with Crippen molar-refractivity contribution in [2.24, 2.45) is 0 Å². The number of carbonyl (C=O) groups is 2. The number of likely N-dealkylation sites (N-methyl/N-ethyl adjacent to an activating group) is 1. The molecule has 0 unspecified atom stereocenters. The first-order chi connectivity index (χ1) is 14.4. The van der Waals surface area contributed by atoms with Gasteiger partial charge in [0.05, 0.1) is 11.6 Å². The SMILES string of the molecule is Cc1ccc([C@@H]2C(C(=O)c3cc4ccccc4o3)=C(O)C(=O)N2CCN(C)C)cc1. The first kappa shape index (κ1) is 19.9. The lowest BCUT2D eigenvalue weighted by atomic mass is 9.94. The first-order valence-corrected chi connectivity index (χ1v) is 9.85. The molecular formula is C24H24N2O4. The number of aliphatic hydroxyl groups excluding tert-OH is 1. The monoisotopic (exact) mass is 404 g/mol. The minimum atomic E-state index is -0.668. The van der Waals surface area contributed by atoms with E-state index >= 15 is 0 Å². The van der Waals surface area contributed by atoms with Gasteiger partial charge in [0.2, 0.25) is 5.78 Å². The van der Waals surface area contributed by atoms with E-state index in [0.717, 1.165) is 16.5 Å². The maximum absolute atomic E-state index is 13.4. The van der Waals surface area contributed by atoms with Gasteiger partial charge in [-0.3, -0.25) is 9.59 Å². The lowest BCUT2D eigenvalue weighted by Gasteiger charge is -2.28. The average Bonchev–Trinajstić information content (AvgIpc) is 3.26. The lowest BCUT2D eigenvalue weighted by molar-refractivity contribution is -0.129. The largest absolute Gasteiger partial charge is 0.503 e. The van der Waals surface area contributed by atoms with E-state index in [-0.39, 0.29) is 11.3 Å². The summed E-state index contributed by atoms with van der Waals surface area (Å²) >= 11 is 0. The molecule has 6 heteroatoms. The highest BCUT2D eigenvalue weighted by molar-refractivity contribution is 6.16. The van der Waals surface area contributed by atoms with Crippen LogP contribution in [0.5, 0.6) is 0 Å². The number of Topliss-reactive ketones (excluding diaryl/α,β-unsaturated/α-hetero) is 1. The van der Waals surface area contributed by atoms with Crippen LogP contribution in [0.2, 0.25) is 0 Å². The number of carbonyl (C=O) groups excluding carboxylic acids is 2. The Labute approximate surface area is 175 Å². The highest BCUT2D eigenvalue weighted by Gasteiger charge is 2.44. The summed E-state index contributed by atoms with van der Waals surface area (Å²) in [6, 6.07) is 15.9. The lowest BCUT2D eigenvalue weighted by Crippen LogP contribution is -2.36. The normalized spacial score (nSPS) is 16.9. The van der Waals surface area contributed by atoms with E-state index in [0.29, 0.717) is 18.7 Å². The molecule has 0 fully saturated rings. The zero-order valence-corrected chi connectivity index (χ0v) is 17.3. The number of aryl methyl sites for hydroxylation is 1. The first-order valence-electron chi connectivity index (χ1n) is 9.85. The Hall–Kier alpha value is -3.38. The standard InChI is InChI=1S/C24H24N2O4/c1-15-8-10-16(11-9-15)21-20(23(28)24(29)26(21)13-12-25(2)3)22(27)19-14-17-6-4-5-7-18(17)30-19/h4-11,14,21,28H,12-13H2,1-3H3/t21-/m1/s1. The molecule has 154 valence electrons. The fourth-order valence-corrected chi connectivity index (χ4v) is 3.75. The number of furan rings is 1. The number of amides is 1. The molecule has 1 aliphatic rings. The molecule has 0 saturated carbocycles. The predicted molar refractivity (Wildman–Crippen MR) is 114 cm³/mol. The zero-order chi connectivity index (χ0) is 21.4. The van der Waals surface area contributed by atoms with Gasteiger partial charge in [0.15, 0.2) is 11.5 Å². The number of para-hydroxylation sites is 1.